The lowest BCUT2D eigenvalue weighted by molar-refractivity contribution is 0.446. The molecule has 1 atom stereocenters. The summed E-state index contributed by atoms with van der Waals surface area (Å²) in [5.74, 6) is 0.168. The molecule has 0 saturated carbocycles. The lowest BCUT2D eigenvalue weighted by atomic mass is 9.99. The number of nitrogens with one attached hydrogen (secondary N) is 1. The van der Waals surface area contributed by atoms with E-state index in [0.717, 1.165) is 22.9 Å². The van der Waals surface area contributed by atoms with E-state index in [9.17, 15) is 9.18 Å². The van der Waals surface area contributed by atoms with Gasteiger partial charge in [-0.2, -0.15) is 5.10 Å². The number of nitrogen functional groups attached to an aromatic ring is 1. The number of halogens is 1. The second kappa shape index (κ2) is 9.41. The fourth-order valence-corrected chi connectivity index (χ4v) is 5.58. The summed E-state index contributed by atoms with van der Waals surface area (Å²) in [5, 5.41) is 7.13. The number of benzene rings is 3. The standard InChI is InChI=1S/C32H25FN6O2/c1-3-18-15-35-24-14-20(11-12-22(18)24)28-27-31(34)36-16-37-32(27)39(38-28)17(2)30-26(19-7-6-8-21(33)13-19)29(40)23-9-4-5-10-25(23)41-30/h4-17,35H,3H2,1-2H3,(H2,34,36,37). The van der Waals surface area contributed by atoms with Crippen LogP contribution in [0.4, 0.5) is 10.2 Å². The fraction of sp³-hybridized carbons (Fsp3) is 0.125. The van der Waals surface area contributed by atoms with Crippen LogP contribution in [0.25, 0.3) is 55.3 Å². The Kier molecular flexibility index (Phi) is 5.67. The van der Waals surface area contributed by atoms with Crippen LogP contribution in [-0.2, 0) is 6.42 Å². The van der Waals surface area contributed by atoms with Crippen molar-refractivity contribution in [3.05, 3.63) is 107 Å². The molecule has 0 aliphatic heterocycles. The van der Waals surface area contributed by atoms with E-state index in [-0.39, 0.29) is 16.8 Å². The summed E-state index contributed by atoms with van der Waals surface area (Å²) in [6.45, 7) is 3.99. The molecule has 1 unspecified atom stereocenters. The van der Waals surface area contributed by atoms with E-state index in [1.165, 1.54) is 24.0 Å². The molecule has 7 rings (SSSR count). The van der Waals surface area contributed by atoms with Crippen LogP contribution >= 0.6 is 0 Å². The van der Waals surface area contributed by atoms with Crippen LogP contribution in [0.15, 0.2) is 88.5 Å². The van der Waals surface area contributed by atoms with E-state index < -0.39 is 11.9 Å². The molecule has 0 spiro atoms. The smallest absolute Gasteiger partial charge is 0.200 e. The van der Waals surface area contributed by atoms with E-state index >= 15 is 0 Å². The summed E-state index contributed by atoms with van der Waals surface area (Å²) in [6, 6.07) is 18.5. The average Bonchev–Trinajstić information content (AvgIpc) is 3.59. The minimum Gasteiger partial charge on any atom is -0.458 e. The van der Waals surface area contributed by atoms with E-state index in [4.69, 9.17) is 15.2 Å². The van der Waals surface area contributed by atoms with Gasteiger partial charge in [0.25, 0.3) is 0 Å². The number of nitrogens with two attached hydrogens (primary N) is 1. The van der Waals surface area contributed by atoms with Gasteiger partial charge in [-0.25, -0.2) is 19.0 Å². The van der Waals surface area contributed by atoms with Crippen molar-refractivity contribution in [3.63, 3.8) is 0 Å². The number of aryl methyl sites for hydroxylation is 1. The third kappa shape index (κ3) is 3.88. The van der Waals surface area contributed by atoms with Gasteiger partial charge >= 0.3 is 0 Å². The first kappa shape index (κ1) is 24.7. The molecular weight excluding hydrogens is 519 g/mol. The molecule has 0 radical (unpaired) electrons. The SMILES string of the molecule is CCc1c[nH]c2cc(-c3nn(C(C)c4oc5ccccc5c(=O)c4-c4cccc(F)c4)c4ncnc(N)c34)ccc12. The number of aromatic nitrogens is 5. The number of aromatic amines is 1. The topological polar surface area (TPSA) is 116 Å². The quantitative estimate of drug-likeness (QED) is 0.251. The fourth-order valence-electron chi connectivity index (χ4n) is 5.58. The molecule has 41 heavy (non-hydrogen) atoms. The molecule has 0 aliphatic carbocycles. The molecule has 0 bridgehead atoms. The summed E-state index contributed by atoms with van der Waals surface area (Å²) in [7, 11) is 0. The molecule has 0 saturated heterocycles. The van der Waals surface area contributed by atoms with Gasteiger partial charge in [-0.1, -0.05) is 43.3 Å². The Morgan fingerprint density at radius 3 is 2.71 bits per heavy atom. The van der Waals surface area contributed by atoms with Crippen LogP contribution in [0.3, 0.4) is 0 Å². The van der Waals surface area contributed by atoms with Crippen LogP contribution < -0.4 is 11.2 Å². The second-order valence-electron chi connectivity index (χ2n) is 10.0. The van der Waals surface area contributed by atoms with Crippen LogP contribution in [0.2, 0.25) is 0 Å². The molecule has 3 N–H and O–H groups in total. The number of hydrogen-bond donors (Lipinski definition) is 2. The largest absolute Gasteiger partial charge is 0.458 e. The third-order valence-corrected chi connectivity index (χ3v) is 7.62. The minimum atomic E-state index is -0.614. The van der Waals surface area contributed by atoms with Gasteiger partial charge in [-0.3, -0.25) is 4.79 Å². The summed E-state index contributed by atoms with van der Waals surface area (Å²) < 4.78 is 22.4. The van der Waals surface area contributed by atoms with Crippen molar-refractivity contribution in [1.82, 2.24) is 24.7 Å². The Bertz CT molecular complexity index is 2180. The van der Waals surface area contributed by atoms with Crippen molar-refractivity contribution >= 4 is 38.7 Å². The highest BCUT2D eigenvalue weighted by atomic mass is 19.1. The predicted octanol–water partition coefficient (Wildman–Crippen LogP) is 6.64. The van der Waals surface area contributed by atoms with E-state index in [2.05, 4.69) is 27.9 Å². The number of rotatable bonds is 5. The summed E-state index contributed by atoms with van der Waals surface area (Å²) in [5.41, 5.74) is 11.4. The number of fused-ring (bicyclic) bond motifs is 3. The van der Waals surface area contributed by atoms with Gasteiger partial charge < -0.3 is 15.1 Å². The highest BCUT2D eigenvalue weighted by molar-refractivity contribution is 6.00. The van der Waals surface area contributed by atoms with Crippen molar-refractivity contribution in [2.75, 3.05) is 5.73 Å². The van der Waals surface area contributed by atoms with Crippen molar-refractivity contribution < 1.29 is 8.81 Å². The van der Waals surface area contributed by atoms with E-state index in [1.54, 1.807) is 41.1 Å². The van der Waals surface area contributed by atoms with Gasteiger partial charge in [-0.05, 0) is 54.8 Å². The first-order valence-electron chi connectivity index (χ1n) is 13.3. The lowest BCUT2D eigenvalue weighted by Crippen LogP contribution is -2.16. The maximum Gasteiger partial charge on any atom is 0.200 e. The zero-order valence-corrected chi connectivity index (χ0v) is 22.4. The van der Waals surface area contributed by atoms with Gasteiger partial charge in [0.1, 0.15) is 41.0 Å². The van der Waals surface area contributed by atoms with Gasteiger partial charge in [-0.15, -0.1) is 0 Å². The molecule has 202 valence electrons. The highest BCUT2D eigenvalue weighted by Gasteiger charge is 2.27. The number of H-pyrrole nitrogens is 1. The monoisotopic (exact) mass is 544 g/mol. The minimum absolute atomic E-state index is 0.256. The van der Waals surface area contributed by atoms with Crippen molar-refractivity contribution in [2.24, 2.45) is 0 Å². The average molecular weight is 545 g/mol. The molecule has 3 aromatic carbocycles. The highest BCUT2D eigenvalue weighted by Crippen LogP contribution is 2.37. The zero-order chi connectivity index (χ0) is 28.2. The van der Waals surface area contributed by atoms with E-state index in [0.29, 0.717) is 39.0 Å². The van der Waals surface area contributed by atoms with Crippen LogP contribution in [0.5, 0.6) is 0 Å². The molecule has 8 nitrogen and oxygen atoms in total. The molecule has 0 fully saturated rings. The molecular formula is C32H25FN6O2. The predicted molar refractivity (Wildman–Crippen MR) is 158 cm³/mol. The van der Waals surface area contributed by atoms with Crippen molar-refractivity contribution in [3.8, 4) is 22.4 Å². The Morgan fingerprint density at radius 1 is 1.02 bits per heavy atom. The Balaban J connectivity index is 1.48. The normalized spacial score (nSPS) is 12.5. The molecule has 9 heteroatoms. The van der Waals surface area contributed by atoms with Crippen molar-refractivity contribution in [1.29, 1.82) is 0 Å². The number of para-hydroxylation sites is 1. The van der Waals surface area contributed by atoms with Crippen LogP contribution in [0, 0.1) is 5.82 Å². The summed E-state index contributed by atoms with van der Waals surface area (Å²) >= 11 is 0. The van der Waals surface area contributed by atoms with Gasteiger partial charge in [0, 0.05) is 22.7 Å². The van der Waals surface area contributed by atoms with Gasteiger partial charge in [0.15, 0.2) is 5.65 Å². The number of nitrogens with zero attached hydrogens (tertiary/aromatic N) is 4. The van der Waals surface area contributed by atoms with Crippen LogP contribution in [0.1, 0.15) is 31.2 Å². The Hall–Kier alpha value is -5.31. The van der Waals surface area contributed by atoms with E-state index in [1.807, 2.05) is 25.3 Å². The first-order chi connectivity index (χ1) is 19.9. The molecule has 0 aliphatic rings. The third-order valence-electron chi connectivity index (χ3n) is 7.62. The molecule has 7 aromatic rings. The molecule has 4 heterocycles. The Labute approximate surface area is 233 Å². The van der Waals surface area contributed by atoms with Gasteiger partial charge in [0.2, 0.25) is 5.43 Å². The lowest BCUT2D eigenvalue weighted by Gasteiger charge is -2.17. The van der Waals surface area contributed by atoms with Crippen molar-refractivity contribution in [2.45, 2.75) is 26.3 Å². The zero-order valence-electron chi connectivity index (χ0n) is 22.4. The molecule has 4 aromatic heterocycles. The van der Waals surface area contributed by atoms with Crippen LogP contribution in [-0.4, -0.2) is 24.7 Å². The maximum atomic E-state index is 14.3. The molecule has 0 amide bonds. The second-order valence-corrected chi connectivity index (χ2v) is 10.0. The maximum absolute atomic E-state index is 14.3. The first-order valence-corrected chi connectivity index (χ1v) is 13.3. The Morgan fingerprint density at radius 2 is 1.88 bits per heavy atom. The number of hydrogen-bond acceptors (Lipinski definition) is 6. The summed E-state index contributed by atoms with van der Waals surface area (Å²) in [4.78, 5) is 26.0. The number of anilines is 1. The summed E-state index contributed by atoms with van der Waals surface area (Å²) in [6.07, 6.45) is 4.32. The van der Waals surface area contributed by atoms with Gasteiger partial charge in [0.05, 0.1) is 16.3 Å².